The molecule has 0 aliphatic heterocycles. The highest BCUT2D eigenvalue weighted by Crippen LogP contribution is 2.34. The summed E-state index contributed by atoms with van der Waals surface area (Å²) in [6.07, 6.45) is 0. The van der Waals surface area contributed by atoms with E-state index in [4.69, 9.17) is 14.1 Å². The van der Waals surface area contributed by atoms with Gasteiger partial charge in [-0.3, -0.25) is 10.1 Å². The number of methoxy groups -OCH3 is 1. The number of rotatable bonds is 6. The number of nitrogens with one attached hydrogen (secondary N) is 1. The Balaban J connectivity index is 1.56. The molecule has 0 fully saturated rings. The van der Waals surface area contributed by atoms with E-state index < -0.39 is 4.92 Å². The van der Waals surface area contributed by atoms with Gasteiger partial charge in [-0.05, 0) is 48.5 Å². The van der Waals surface area contributed by atoms with Crippen molar-refractivity contribution in [2.45, 2.75) is 0 Å². The van der Waals surface area contributed by atoms with Crippen molar-refractivity contribution >= 4 is 44.2 Å². The number of fused-ring (bicyclic) bond motifs is 1. The normalized spacial score (nSPS) is 10.9. The third-order valence-electron chi connectivity index (χ3n) is 5.14. The van der Waals surface area contributed by atoms with E-state index >= 15 is 0 Å². The molecule has 1 N–H and O–H groups in total. The van der Waals surface area contributed by atoms with Gasteiger partial charge in [0.15, 0.2) is 0 Å². The Labute approximate surface area is 201 Å². The maximum Gasteiger partial charge on any atom is 0.320 e. The second-order valence-corrected chi connectivity index (χ2v) is 8.20. The number of hydrogen-bond acceptors (Lipinski definition) is 8. The van der Waals surface area contributed by atoms with Crippen molar-refractivity contribution in [2.75, 3.05) is 12.4 Å². The van der Waals surface area contributed by atoms with Gasteiger partial charge < -0.3 is 14.5 Å². The number of non-ortho nitro benzene ring substituents is 1. The molecule has 0 radical (unpaired) electrons. The first-order valence-corrected chi connectivity index (χ1v) is 10.9. The molecule has 0 saturated heterocycles. The van der Waals surface area contributed by atoms with Crippen molar-refractivity contribution in [3.8, 4) is 28.5 Å². The largest absolute Gasteiger partial charge is 0.497 e. The first kappa shape index (κ1) is 21.5. The lowest BCUT2D eigenvalue weighted by Crippen LogP contribution is -1.92. The molecule has 168 valence electrons. The van der Waals surface area contributed by atoms with Crippen LogP contribution >= 0.6 is 15.9 Å². The Morgan fingerprint density at radius 3 is 2.47 bits per heavy atom. The first-order valence-electron chi connectivity index (χ1n) is 10.1. The molecule has 10 heteroatoms. The van der Waals surface area contributed by atoms with Gasteiger partial charge in [-0.1, -0.05) is 33.2 Å². The Bertz CT molecular complexity index is 1500. The number of nitrogens with zero attached hydrogens (tertiary/aromatic N) is 4. The van der Waals surface area contributed by atoms with E-state index in [9.17, 15) is 10.1 Å². The lowest BCUT2D eigenvalue weighted by Gasteiger charge is -2.09. The number of nitro benzene ring substituents is 1. The maximum atomic E-state index is 10.9. The number of anilines is 2. The van der Waals surface area contributed by atoms with Crippen molar-refractivity contribution in [1.29, 1.82) is 0 Å². The molecule has 3 aromatic carbocycles. The smallest absolute Gasteiger partial charge is 0.320 e. The van der Waals surface area contributed by atoms with Crippen molar-refractivity contribution in [3.05, 3.63) is 87.4 Å². The van der Waals surface area contributed by atoms with Crippen LogP contribution in [0.1, 0.15) is 0 Å². The van der Waals surface area contributed by atoms with Gasteiger partial charge in [0.05, 0.1) is 28.8 Å². The summed E-state index contributed by atoms with van der Waals surface area (Å²) in [5.41, 5.74) is 3.71. The van der Waals surface area contributed by atoms with Crippen molar-refractivity contribution in [3.63, 3.8) is 0 Å². The van der Waals surface area contributed by atoms with E-state index in [1.807, 2.05) is 48.5 Å². The van der Waals surface area contributed by atoms with Gasteiger partial charge in [0, 0.05) is 33.2 Å². The summed E-state index contributed by atoms with van der Waals surface area (Å²) in [5, 5.41) is 22.9. The molecule has 0 spiro atoms. The summed E-state index contributed by atoms with van der Waals surface area (Å²) < 4.78 is 12.3. The summed E-state index contributed by atoms with van der Waals surface area (Å²) in [7, 11) is 1.60. The summed E-state index contributed by atoms with van der Waals surface area (Å²) >= 11 is 3.46. The monoisotopic (exact) mass is 517 g/mol. The highest BCUT2D eigenvalue weighted by Gasteiger charge is 2.16. The third-order valence-corrected chi connectivity index (χ3v) is 5.67. The zero-order valence-corrected chi connectivity index (χ0v) is 19.3. The number of nitro groups is 1. The molecule has 0 aliphatic rings. The zero-order valence-electron chi connectivity index (χ0n) is 17.7. The quantitative estimate of drug-likeness (QED) is 0.204. The second-order valence-electron chi connectivity index (χ2n) is 7.29. The second kappa shape index (κ2) is 8.91. The molecule has 2 aromatic heterocycles. The van der Waals surface area contributed by atoms with Gasteiger partial charge in [-0.15, -0.1) is 5.10 Å². The molecule has 34 heavy (non-hydrogen) atoms. The number of hydrogen-bond donors (Lipinski definition) is 1. The lowest BCUT2D eigenvalue weighted by molar-refractivity contribution is -0.384. The molecular formula is C24H16BrN5O4. The van der Waals surface area contributed by atoms with Crippen LogP contribution in [-0.2, 0) is 0 Å². The molecule has 0 aliphatic carbocycles. The van der Waals surface area contributed by atoms with Gasteiger partial charge in [0.1, 0.15) is 5.75 Å². The van der Waals surface area contributed by atoms with Gasteiger partial charge in [0.25, 0.3) is 11.6 Å². The average Bonchev–Trinajstić information content (AvgIpc) is 3.32. The number of ether oxygens (including phenoxy) is 1. The van der Waals surface area contributed by atoms with Crippen molar-refractivity contribution < 1.29 is 14.1 Å². The molecular weight excluding hydrogens is 502 g/mol. The summed E-state index contributed by atoms with van der Waals surface area (Å²) in [6.45, 7) is 0. The number of benzene rings is 3. The zero-order chi connectivity index (χ0) is 23.7. The molecule has 0 amide bonds. The maximum absolute atomic E-state index is 10.9. The van der Waals surface area contributed by atoms with E-state index in [0.29, 0.717) is 22.9 Å². The average molecular weight is 518 g/mol. The minimum absolute atomic E-state index is 0.00515. The Kier molecular flexibility index (Phi) is 5.64. The Morgan fingerprint density at radius 2 is 1.76 bits per heavy atom. The van der Waals surface area contributed by atoms with Crippen LogP contribution < -0.4 is 10.1 Å². The topological polar surface area (TPSA) is 116 Å². The van der Waals surface area contributed by atoms with E-state index in [1.165, 1.54) is 12.1 Å². The summed E-state index contributed by atoms with van der Waals surface area (Å²) in [4.78, 5) is 15.2. The van der Waals surface area contributed by atoms with Crippen LogP contribution in [-0.4, -0.2) is 27.2 Å². The minimum Gasteiger partial charge on any atom is -0.497 e. The third kappa shape index (κ3) is 4.30. The lowest BCUT2D eigenvalue weighted by atomic mass is 10.0. The van der Waals surface area contributed by atoms with E-state index in [-0.39, 0.29) is 11.7 Å². The van der Waals surface area contributed by atoms with Crippen LogP contribution in [0.4, 0.5) is 17.4 Å². The number of halogens is 1. The molecule has 0 atom stereocenters. The first-order chi connectivity index (χ1) is 16.5. The predicted octanol–water partition coefficient (Wildman–Crippen LogP) is 6.37. The van der Waals surface area contributed by atoms with E-state index in [1.54, 1.807) is 19.2 Å². The van der Waals surface area contributed by atoms with Crippen molar-refractivity contribution in [1.82, 2.24) is 15.2 Å². The highest BCUT2D eigenvalue weighted by molar-refractivity contribution is 9.10. The van der Waals surface area contributed by atoms with Crippen LogP contribution in [0, 0.1) is 10.1 Å². The van der Waals surface area contributed by atoms with Crippen LogP contribution in [0.15, 0.2) is 81.7 Å². The summed E-state index contributed by atoms with van der Waals surface area (Å²) in [5.74, 6) is 0.971. The van der Waals surface area contributed by atoms with Crippen LogP contribution in [0.3, 0.4) is 0 Å². The van der Waals surface area contributed by atoms with Gasteiger partial charge in [0.2, 0.25) is 0 Å². The minimum atomic E-state index is -0.458. The fraction of sp³-hybridized carbons (Fsp3) is 0.0417. The van der Waals surface area contributed by atoms with Gasteiger partial charge in [-0.25, -0.2) is 4.98 Å². The van der Waals surface area contributed by atoms with Crippen LogP contribution in [0.5, 0.6) is 5.75 Å². The summed E-state index contributed by atoms with van der Waals surface area (Å²) in [6, 6.07) is 21.4. The Morgan fingerprint density at radius 1 is 1.00 bits per heavy atom. The molecule has 5 rings (SSSR count). The van der Waals surface area contributed by atoms with Crippen molar-refractivity contribution in [2.24, 2.45) is 0 Å². The number of pyridine rings is 1. The molecule has 2 heterocycles. The van der Waals surface area contributed by atoms with E-state index in [2.05, 4.69) is 31.4 Å². The fourth-order valence-electron chi connectivity index (χ4n) is 3.45. The van der Waals surface area contributed by atoms with Gasteiger partial charge in [-0.2, -0.15) is 0 Å². The predicted molar refractivity (Wildman–Crippen MR) is 131 cm³/mol. The molecule has 9 nitrogen and oxygen atoms in total. The standard InChI is InChI=1S/C24H16BrN5O4/c1-33-18-10-11-21-19(12-18)20(13-22(27-21)14-2-4-15(25)5-3-14)23-28-29-24(34-23)26-16-6-8-17(9-7-16)30(31)32/h2-13H,1H3,(H,26,29). The SMILES string of the molecule is COc1ccc2nc(-c3ccc(Br)cc3)cc(-c3nnc(Nc4ccc([N+](=O)[O-])cc4)o3)c2c1. The Hall–Kier alpha value is -4.31. The molecule has 5 aromatic rings. The van der Waals surface area contributed by atoms with Crippen LogP contribution in [0.25, 0.3) is 33.6 Å². The molecule has 0 unspecified atom stereocenters. The fourth-order valence-corrected chi connectivity index (χ4v) is 3.71. The molecule has 0 bridgehead atoms. The molecule has 0 saturated carbocycles. The van der Waals surface area contributed by atoms with Crippen LogP contribution in [0.2, 0.25) is 0 Å². The number of aromatic nitrogens is 3. The van der Waals surface area contributed by atoms with E-state index in [0.717, 1.165) is 26.6 Å². The van der Waals surface area contributed by atoms with Gasteiger partial charge >= 0.3 is 6.01 Å². The highest BCUT2D eigenvalue weighted by atomic mass is 79.9.